The summed E-state index contributed by atoms with van der Waals surface area (Å²) in [4.78, 5) is 50.2. The van der Waals surface area contributed by atoms with Crippen LogP contribution in [0.2, 0.25) is 5.02 Å². The lowest BCUT2D eigenvalue weighted by Crippen LogP contribution is -2.50. The number of piperidine rings is 1. The van der Waals surface area contributed by atoms with Crippen LogP contribution >= 0.6 is 11.6 Å². The number of nitrogens with zero attached hydrogens (tertiary/aromatic N) is 1. The standard InChI is InChI=1S/C22H20ClN3O4/c23-17-5-1-13(2-6-17)9-20(28)25-21(29)14-3-4-15-11-26(12-16(15)10-14)18-7-8-19(27)24-22(18)30/h1-6,10,18H,7-9,11-12H2,(H,24,27,30)(H,25,28,29). The number of carbonyl (C=O) groups excluding carboxylic acids is 4. The molecule has 1 fully saturated rings. The smallest absolute Gasteiger partial charge is 0.257 e. The van der Waals surface area contributed by atoms with E-state index in [2.05, 4.69) is 10.6 Å². The number of amides is 4. The van der Waals surface area contributed by atoms with Gasteiger partial charge >= 0.3 is 0 Å². The minimum absolute atomic E-state index is 0.0805. The third kappa shape index (κ3) is 4.42. The molecule has 4 rings (SSSR count). The zero-order valence-electron chi connectivity index (χ0n) is 16.1. The van der Waals surface area contributed by atoms with Crippen molar-refractivity contribution in [2.45, 2.75) is 38.4 Å². The van der Waals surface area contributed by atoms with E-state index in [0.29, 0.717) is 36.5 Å². The van der Waals surface area contributed by atoms with Crippen molar-refractivity contribution in [3.8, 4) is 0 Å². The van der Waals surface area contributed by atoms with Crippen molar-refractivity contribution < 1.29 is 19.2 Å². The van der Waals surface area contributed by atoms with Crippen LogP contribution in [-0.2, 0) is 33.9 Å². The maximum Gasteiger partial charge on any atom is 0.257 e. The Kier molecular flexibility index (Phi) is 5.65. The van der Waals surface area contributed by atoms with E-state index in [1.54, 1.807) is 36.4 Å². The largest absolute Gasteiger partial charge is 0.295 e. The first-order valence-corrected chi connectivity index (χ1v) is 10.0. The van der Waals surface area contributed by atoms with Crippen molar-refractivity contribution in [3.63, 3.8) is 0 Å². The van der Waals surface area contributed by atoms with Gasteiger partial charge in [0.2, 0.25) is 17.7 Å². The monoisotopic (exact) mass is 425 g/mol. The molecule has 0 aromatic heterocycles. The van der Waals surface area contributed by atoms with Crippen LogP contribution in [0.25, 0.3) is 0 Å². The van der Waals surface area contributed by atoms with Crippen LogP contribution in [0.1, 0.15) is 39.9 Å². The molecule has 2 aromatic rings. The summed E-state index contributed by atoms with van der Waals surface area (Å²) < 4.78 is 0. The van der Waals surface area contributed by atoms with Gasteiger partial charge < -0.3 is 0 Å². The topological polar surface area (TPSA) is 95.6 Å². The summed E-state index contributed by atoms with van der Waals surface area (Å²) in [5, 5.41) is 5.37. The fraction of sp³-hybridized carbons (Fsp3) is 0.273. The maximum absolute atomic E-state index is 12.5. The molecular weight excluding hydrogens is 406 g/mol. The van der Waals surface area contributed by atoms with Crippen molar-refractivity contribution in [1.29, 1.82) is 0 Å². The lowest BCUT2D eigenvalue weighted by atomic mass is 10.0. The Morgan fingerprint density at radius 1 is 1.07 bits per heavy atom. The quantitative estimate of drug-likeness (QED) is 0.730. The van der Waals surface area contributed by atoms with E-state index in [4.69, 9.17) is 11.6 Å². The SMILES string of the molecule is O=C(Cc1ccc(Cl)cc1)NC(=O)c1ccc2c(c1)CN(C1CCC(=O)NC1=O)C2. The molecule has 154 valence electrons. The molecule has 0 radical (unpaired) electrons. The minimum atomic E-state index is -0.462. The predicted molar refractivity (Wildman–Crippen MR) is 109 cm³/mol. The number of fused-ring (bicyclic) bond motifs is 1. The number of halogens is 1. The van der Waals surface area contributed by atoms with E-state index >= 15 is 0 Å². The minimum Gasteiger partial charge on any atom is -0.295 e. The number of carbonyl (C=O) groups is 4. The molecule has 0 aliphatic carbocycles. The molecule has 2 N–H and O–H groups in total. The Bertz CT molecular complexity index is 1040. The third-order valence-corrected chi connectivity index (χ3v) is 5.65. The molecule has 30 heavy (non-hydrogen) atoms. The van der Waals surface area contributed by atoms with E-state index < -0.39 is 11.8 Å². The van der Waals surface area contributed by atoms with Gasteiger partial charge in [-0.1, -0.05) is 29.8 Å². The molecule has 4 amide bonds. The highest BCUT2D eigenvalue weighted by molar-refractivity contribution is 6.30. The van der Waals surface area contributed by atoms with Gasteiger partial charge in [-0.3, -0.25) is 34.7 Å². The molecule has 8 heteroatoms. The molecule has 1 saturated heterocycles. The third-order valence-electron chi connectivity index (χ3n) is 5.40. The summed E-state index contributed by atoms with van der Waals surface area (Å²) >= 11 is 5.84. The van der Waals surface area contributed by atoms with E-state index in [1.807, 2.05) is 11.0 Å². The Morgan fingerprint density at radius 3 is 2.53 bits per heavy atom. The van der Waals surface area contributed by atoms with Crippen LogP contribution in [0.4, 0.5) is 0 Å². The van der Waals surface area contributed by atoms with Gasteiger partial charge in [-0.15, -0.1) is 0 Å². The van der Waals surface area contributed by atoms with Crippen molar-refractivity contribution in [1.82, 2.24) is 15.5 Å². The highest BCUT2D eigenvalue weighted by Gasteiger charge is 2.34. The number of hydrogen-bond donors (Lipinski definition) is 2. The number of benzene rings is 2. The molecule has 0 bridgehead atoms. The second-order valence-corrected chi connectivity index (χ2v) is 7.97. The maximum atomic E-state index is 12.5. The molecule has 7 nitrogen and oxygen atoms in total. The van der Waals surface area contributed by atoms with Crippen molar-refractivity contribution >= 4 is 35.2 Å². The fourth-order valence-electron chi connectivity index (χ4n) is 3.84. The van der Waals surface area contributed by atoms with Gasteiger partial charge in [0.25, 0.3) is 5.91 Å². The van der Waals surface area contributed by atoms with Gasteiger partial charge in [0.05, 0.1) is 12.5 Å². The van der Waals surface area contributed by atoms with Gasteiger partial charge in [-0.05, 0) is 47.4 Å². The molecule has 1 unspecified atom stereocenters. The van der Waals surface area contributed by atoms with E-state index in [9.17, 15) is 19.2 Å². The van der Waals surface area contributed by atoms with Gasteiger partial charge in [-0.25, -0.2) is 0 Å². The summed E-state index contributed by atoms with van der Waals surface area (Å²) in [6.45, 7) is 1.10. The molecule has 1 atom stereocenters. The van der Waals surface area contributed by atoms with E-state index in [0.717, 1.165) is 16.7 Å². The Morgan fingerprint density at radius 2 is 1.80 bits per heavy atom. The Balaban J connectivity index is 1.38. The van der Waals surface area contributed by atoms with Crippen molar-refractivity contribution in [3.05, 3.63) is 69.7 Å². The number of imide groups is 2. The number of nitrogens with one attached hydrogen (secondary N) is 2. The lowest BCUT2D eigenvalue weighted by Gasteiger charge is -2.29. The first-order chi connectivity index (χ1) is 14.4. The average Bonchev–Trinajstić information content (AvgIpc) is 3.12. The molecule has 2 aromatic carbocycles. The Hall–Kier alpha value is -3.03. The van der Waals surface area contributed by atoms with Crippen molar-refractivity contribution in [2.24, 2.45) is 0 Å². The van der Waals surface area contributed by atoms with Crippen LogP contribution in [0.3, 0.4) is 0 Å². The van der Waals surface area contributed by atoms with Crippen LogP contribution in [0.15, 0.2) is 42.5 Å². The second-order valence-electron chi connectivity index (χ2n) is 7.54. The summed E-state index contributed by atoms with van der Waals surface area (Å²) in [6.07, 6.45) is 0.898. The fourth-order valence-corrected chi connectivity index (χ4v) is 3.97. The van der Waals surface area contributed by atoms with Crippen LogP contribution in [0, 0.1) is 0 Å². The summed E-state index contributed by atoms with van der Waals surface area (Å²) in [7, 11) is 0. The number of rotatable bonds is 4. The highest BCUT2D eigenvalue weighted by Crippen LogP contribution is 2.28. The second kappa shape index (κ2) is 8.38. The highest BCUT2D eigenvalue weighted by atomic mass is 35.5. The average molecular weight is 426 g/mol. The van der Waals surface area contributed by atoms with E-state index in [1.165, 1.54) is 0 Å². The van der Waals surface area contributed by atoms with Crippen molar-refractivity contribution in [2.75, 3.05) is 0 Å². The molecule has 2 aliphatic rings. The molecular formula is C22H20ClN3O4. The van der Waals surface area contributed by atoms with Gasteiger partial charge in [0.1, 0.15) is 0 Å². The Labute approximate surface area is 178 Å². The first kappa shape index (κ1) is 20.3. The van der Waals surface area contributed by atoms with Gasteiger partial charge in [0.15, 0.2) is 0 Å². The first-order valence-electron chi connectivity index (χ1n) is 9.67. The summed E-state index contributed by atoms with van der Waals surface area (Å²) in [5.41, 5.74) is 3.13. The van der Waals surface area contributed by atoms with E-state index in [-0.39, 0.29) is 24.3 Å². The number of hydrogen-bond acceptors (Lipinski definition) is 5. The summed E-state index contributed by atoms with van der Waals surface area (Å²) in [5.74, 6) is -1.37. The summed E-state index contributed by atoms with van der Waals surface area (Å²) in [6, 6.07) is 11.8. The van der Waals surface area contributed by atoms with Crippen LogP contribution in [0.5, 0.6) is 0 Å². The molecule has 0 saturated carbocycles. The predicted octanol–water partition coefficient (Wildman–Crippen LogP) is 1.96. The van der Waals surface area contributed by atoms with Crippen LogP contribution in [-0.4, -0.2) is 34.6 Å². The van der Waals surface area contributed by atoms with Gasteiger partial charge in [0, 0.05) is 30.1 Å². The normalized spacial score (nSPS) is 18.6. The molecule has 2 heterocycles. The van der Waals surface area contributed by atoms with Gasteiger partial charge in [-0.2, -0.15) is 0 Å². The molecule has 0 spiro atoms. The zero-order chi connectivity index (χ0) is 21.3. The van der Waals surface area contributed by atoms with Crippen LogP contribution < -0.4 is 10.6 Å². The molecule has 2 aliphatic heterocycles. The zero-order valence-corrected chi connectivity index (χ0v) is 16.9. The lowest BCUT2D eigenvalue weighted by molar-refractivity contribution is -0.137.